The van der Waals surface area contributed by atoms with Gasteiger partial charge in [-0.25, -0.2) is 4.98 Å². The number of para-hydroxylation sites is 1. The Balaban J connectivity index is 1.42. The number of Topliss-reactive ketones (excluding diaryl/α,β-unsaturated/α-hetero) is 1. The van der Waals surface area contributed by atoms with Crippen molar-refractivity contribution < 1.29 is 14.6 Å². The predicted molar refractivity (Wildman–Crippen MR) is 126 cm³/mol. The number of carbonyl (C=O) groups excluding carboxylic acids is 1. The summed E-state index contributed by atoms with van der Waals surface area (Å²) in [4.78, 5) is 17.7. The van der Waals surface area contributed by atoms with E-state index in [0.29, 0.717) is 17.9 Å². The third kappa shape index (κ3) is 3.76. The fourth-order valence-electron chi connectivity index (χ4n) is 4.07. The van der Waals surface area contributed by atoms with Gasteiger partial charge in [0.05, 0.1) is 18.6 Å². The van der Waals surface area contributed by atoms with Gasteiger partial charge in [0.2, 0.25) is 0 Å². The third-order valence-corrected chi connectivity index (χ3v) is 6.52. The number of hydrogen-bond donors (Lipinski definition) is 2. The molecule has 2 aromatic heterocycles. The fraction of sp³-hybridized carbons (Fsp3) is 0.292. The van der Waals surface area contributed by atoms with Crippen molar-refractivity contribution in [3.63, 3.8) is 0 Å². The first-order chi connectivity index (χ1) is 15.3. The van der Waals surface area contributed by atoms with Gasteiger partial charge >= 0.3 is 0 Å². The Bertz CT molecular complexity index is 1340. The summed E-state index contributed by atoms with van der Waals surface area (Å²) in [7, 11) is 0. The molecule has 2 aromatic carbocycles. The zero-order chi connectivity index (χ0) is 22.5. The zero-order valence-corrected chi connectivity index (χ0v) is 19.0. The number of carbonyl (C=O) groups is 1. The maximum atomic E-state index is 13.2. The highest BCUT2D eigenvalue weighted by Gasteiger charge is 2.29. The van der Waals surface area contributed by atoms with E-state index in [1.807, 2.05) is 61.0 Å². The molecular formula is C24H24N4O3S. The Morgan fingerprint density at radius 2 is 2.16 bits per heavy atom. The average Bonchev–Trinajstić information content (AvgIpc) is 3.32. The number of rotatable bonds is 5. The minimum atomic E-state index is -1.01. The maximum absolute atomic E-state index is 13.2. The molecule has 1 unspecified atom stereocenters. The first-order valence-electron chi connectivity index (χ1n) is 10.5. The largest absolute Gasteiger partial charge is 0.488 e. The van der Waals surface area contributed by atoms with Crippen LogP contribution in [0.4, 0.5) is 5.69 Å². The Hall–Kier alpha value is -3.23. The van der Waals surface area contributed by atoms with Crippen LogP contribution in [0.15, 0.2) is 42.6 Å². The topological polar surface area (TPSA) is 89.3 Å². The second kappa shape index (κ2) is 7.72. The number of aliphatic hydroxyl groups is 1. The highest BCUT2D eigenvalue weighted by Crippen LogP contribution is 2.34. The lowest BCUT2D eigenvalue weighted by Gasteiger charge is -2.20. The molecule has 0 spiro atoms. The van der Waals surface area contributed by atoms with Gasteiger partial charge in [-0.15, -0.1) is 0 Å². The molecule has 8 heteroatoms. The molecule has 1 atom stereocenters. The van der Waals surface area contributed by atoms with Gasteiger partial charge in [-0.3, -0.25) is 4.79 Å². The van der Waals surface area contributed by atoms with E-state index in [-0.39, 0.29) is 18.9 Å². The fourth-order valence-corrected chi connectivity index (χ4v) is 4.73. The van der Waals surface area contributed by atoms with E-state index >= 15 is 0 Å². The molecular weight excluding hydrogens is 424 g/mol. The second-order valence-electron chi connectivity index (χ2n) is 8.56. The molecule has 1 aliphatic heterocycles. The number of hydrogen-bond acceptors (Lipinski definition) is 7. The van der Waals surface area contributed by atoms with Crippen LogP contribution in [0.1, 0.15) is 28.7 Å². The van der Waals surface area contributed by atoms with Crippen molar-refractivity contribution in [1.82, 2.24) is 13.9 Å². The molecule has 2 N–H and O–H groups in total. The van der Waals surface area contributed by atoms with Crippen molar-refractivity contribution in [2.24, 2.45) is 0 Å². The second-order valence-corrected chi connectivity index (χ2v) is 9.31. The summed E-state index contributed by atoms with van der Waals surface area (Å²) in [5, 5.41) is 15.6. The Kier molecular flexibility index (Phi) is 4.98. The van der Waals surface area contributed by atoms with Crippen molar-refractivity contribution in [2.45, 2.75) is 32.9 Å². The van der Waals surface area contributed by atoms with Crippen LogP contribution in [0.3, 0.4) is 0 Å². The first-order valence-corrected chi connectivity index (χ1v) is 11.2. The number of aryl methyl sites for hydroxylation is 2. The SMILES string of the molecule is Cc1nsc(-c2ccc(C)c(NCC(=O)c3cn4c5c(cccc35)OCC(C)(O)C4)c2)n1. The molecule has 7 nitrogen and oxygen atoms in total. The number of aromatic nitrogens is 3. The molecule has 1 aliphatic rings. The summed E-state index contributed by atoms with van der Waals surface area (Å²) in [6.07, 6.45) is 1.83. The van der Waals surface area contributed by atoms with E-state index in [0.717, 1.165) is 38.5 Å². The smallest absolute Gasteiger partial charge is 0.184 e. The van der Waals surface area contributed by atoms with E-state index in [4.69, 9.17) is 4.74 Å². The van der Waals surface area contributed by atoms with E-state index in [1.54, 1.807) is 6.92 Å². The van der Waals surface area contributed by atoms with Crippen LogP contribution in [0.5, 0.6) is 5.75 Å². The maximum Gasteiger partial charge on any atom is 0.184 e. The van der Waals surface area contributed by atoms with Gasteiger partial charge in [0.25, 0.3) is 0 Å². The molecule has 0 radical (unpaired) electrons. The monoisotopic (exact) mass is 448 g/mol. The van der Waals surface area contributed by atoms with Crippen molar-refractivity contribution >= 4 is 33.9 Å². The Morgan fingerprint density at radius 3 is 2.94 bits per heavy atom. The molecule has 0 amide bonds. The molecule has 32 heavy (non-hydrogen) atoms. The third-order valence-electron chi connectivity index (χ3n) is 5.66. The van der Waals surface area contributed by atoms with Gasteiger partial charge in [0, 0.05) is 28.4 Å². The van der Waals surface area contributed by atoms with Gasteiger partial charge in [0.15, 0.2) is 5.78 Å². The van der Waals surface area contributed by atoms with Crippen molar-refractivity contribution in [1.29, 1.82) is 0 Å². The zero-order valence-electron chi connectivity index (χ0n) is 18.2. The number of benzene rings is 2. The van der Waals surface area contributed by atoms with Crippen LogP contribution in [0.25, 0.3) is 21.5 Å². The number of nitrogens with zero attached hydrogens (tertiary/aromatic N) is 3. The van der Waals surface area contributed by atoms with Crippen molar-refractivity contribution in [3.05, 3.63) is 59.5 Å². The summed E-state index contributed by atoms with van der Waals surface area (Å²) in [6.45, 7) is 6.35. The minimum absolute atomic E-state index is 0.0253. The molecule has 4 aromatic rings. The number of ketones is 1. The van der Waals surface area contributed by atoms with Gasteiger partial charge in [-0.2, -0.15) is 4.37 Å². The van der Waals surface area contributed by atoms with Crippen LogP contribution in [0, 0.1) is 13.8 Å². The lowest BCUT2D eigenvalue weighted by molar-refractivity contribution is 0.00295. The van der Waals surface area contributed by atoms with Crippen LogP contribution in [-0.2, 0) is 6.54 Å². The lowest BCUT2D eigenvalue weighted by Crippen LogP contribution is -2.35. The average molecular weight is 449 g/mol. The number of ether oxygens (including phenoxy) is 1. The summed E-state index contributed by atoms with van der Waals surface area (Å²) in [5.74, 6) is 1.41. The standard InChI is InChI=1S/C24H24N4O3S/c1-14-7-8-16(23-26-15(2)27-32-23)9-19(14)25-10-20(29)18-11-28-12-24(3,30)13-31-21-6-4-5-17(18)22(21)28/h4-9,11,25,30H,10,12-13H2,1-3H3. The lowest BCUT2D eigenvalue weighted by atomic mass is 10.1. The first kappa shape index (κ1) is 20.7. The Morgan fingerprint density at radius 1 is 1.31 bits per heavy atom. The summed E-state index contributed by atoms with van der Waals surface area (Å²) < 4.78 is 12.0. The predicted octanol–water partition coefficient (Wildman–Crippen LogP) is 4.21. The molecule has 3 heterocycles. The van der Waals surface area contributed by atoms with Crippen LogP contribution < -0.4 is 10.1 Å². The van der Waals surface area contributed by atoms with Gasteiger partial charge in [-0.1, -0.05) is 24.3 Å². The molecule has 0 fully saturated rings. The van der Waals surface area contributed by atoms with Crippen LogP contribution >= 0.6 is 11.5 Å². The van der Waals surface area contributed by atoms with E-state index in [9.17, 15) is 9.90 Å². The molecule has 0 bridgehead atoms. The molecule has 0 aliphatic carbocycles. The van der Waals surface area contributed by atoms with Gasteiger partial charge in [0.1, 0.15) is 28.8 Å². The molecule has 5 rings (SSSR count). The van der Waals surface area contributed by atoms with Gasteiger partial charge in [-0.05, 0) is 50.0 Å². The van der Waals surface area contributed by atoms with Crippen LogP contribution in [0.2, 0.25) is 0 Å². The van der Waals surface area contributed by atoms with E-state index in [1.165, 1.54) is 11.5 Å². The summed E-state index contributed by atoms with van der Waals surface area (Å²) >= 11 is 1.36. The van der Waals surface area contributed by atoms with Crippen molar-refractivity contribution in [2.75, 3.05) is 18.5 Å². The van der Waals surface area contributed by atoms with Gasteiger partial charge < -0.3 is 19.7 Å². The number of anilines is 1. The Labute approximate surface area is 189 Å². The van der Waals surface area contributed by atoms with Crippen LogP contribution in [-0.4, -0.2) is 43.6 Å². The highest BCUT2D eigenvalue weighted by molar-refractivity contribution is 7.09. The molecule has 0 saturated heterocycles. The number of nitrogens with one attached hydrogen (secondary N) is 1. The molecule has 164 valence electrons. The normalized spacial score (nSPS) is 17.8. The van der Waals surface area contributed by atoms with Crippen molar-refractivity contribution in [3.8, 4) is 16.3 Å². The molecule has 0 saturated carbocycles. The highest BCUT2D eigenvalue weighted by atomic mass is 32.1. The summed E-state index contributed by atoms with van der Waals surface area (Å²) in [5.41, 5.74) is 3.36. The van der Waals surface area contributed by atoms with E-state index in [2.05, 4.69) is 14.7 Å². The summed E-state index contributed by atoms with van der Waals surface area (Å²) in [6, 6.07) is 11.7. The quantitative estimate of drug-likeness (QED) is 0.445. The van der Waals surface area contributed by atoms with E-state index < -0.39 is 5.60 Å². The minimum Gasteiger partial charge on any atom is -0.488 e.